The number of amides is 1. The molecule has 0 aromatic carbocycles. The summed E-state index contributed by atoms with van der Waals surface area (Å²) in [6.45, 7) is 4.31. The molecule has 1 aliphatic heterocycles. The lowest BCUT2D eigenvalue weighted by molar-refractivity contribution is -0.122. The highest BCUT2D eigenvalue weighted by molar-refractivity contribution is 7.13. The number of ether oxygens (including phenoxy) is 1. The van der Waals surface area contributed by atoms with Gasteiger partial charge in [0.15, 0.2) is 5.13 Å². The smallest absolute Gasteiger partial charge is 0.229 e. The minimum atomic E-state index is 0.0988. The second-order valence-corrected chi connectivity index (χ2v) is 8.58. The molecule has 7 heteroatoms. The van der Waals surface area contributed by atoms with Crippen LogP contribution in [0.25, 0.3) is 0 Å². The minimum Gasteiger partial charge on any atom is -0.379 e. The van der Waals surface area contributed by atoms with Crippen molar-refractivity contribution >= 4 is 22.4 Å². The molecule has 25 heavy (non-hydrogen) atoms. The standard InChI is InChI=1S/C18H28N4O2S/c19-16-12-2-1-3-13(16)9-14(8-12)17(23)21-18-20-15(11-25-18)10-22-4-6-24-7-5-22/h11-14,16H,1-10,19H2,(H,20,21,23). The zero-order valence-corrected chi connectivity index (χ0v) is 15.5. The summed E-state index contributed by atoms with van der Waals surface area (Å²) in [5.41, 5.74) is 7.37. The lowest BCUT2D eigenvalue weighted by atomic mass is 9.65. The van der Waals surface area contributed by atoms with E-state index >= 15 is 0 Å². The molecule has 2 unspecified atom stereocenters. The van der Waals surface area contributed by atoms with Gasteiger partial charge < -0.3 is 15.8 Å². The summed E-state index contributed by atoms with van der Waals surface area (Å²) in [5.74, 6) is 1.28. The number of hydrogen-bond acceptors (Lipinski definition) is 6. The third-order valence-electron chi connectivity index (χ3n) is 6.06. The molecular formula is C18H28N4O2S. The van der Waals surface area contributed by atoms with Gasteiger partial charge in [0.25, 0.3) is 0 Å². The van der Waals surface area contributed by atoms with Crippen molar-refractivity contribution in [2.45, 2.75) is 44.7 Å². The van der Waals surface area contributed by atoms with Crippen LogP contribution < -0.4 is 11.1 Å². The predicted octanol–water partition coefficient (Wildman–Crippen LogP) is 2.07. The second-order valence-electron chi connectivity index (χ2n) is 7.72. The average Bonchev–Trinajstić information content (AvgIpc) is 3.02. The monoisotopic (exact) mass is 364 g/mol. The average molecular weight is 365 g/mol. The first-order valence-electron chi connectivity index (χ1n) is 9.50. The van der Waals surface area contributed by atoms with Crippen LogP contribution in [0.2, 0.25) is 0 Å². The molecule has 4 rings (SSSR count). The third kappa shape index (κ3) is 4.05. The van der Waals surface area contributed by atoms with E-state index in [1.807, 2.05) is 0 Å². The number of morpholine rings is 1. The summed E-state index contributed by atoms with van der Waals surface area (Å²) >= 11 is 1.53. The molecule has 2 atom stereocenters. The number of carbonyl (C=O) groups is 1. The Morgan fingerprint density at radius 3 is 2.76 bits per heavy atom. The van der Waals surface area contributed by atoms with E-state index < -0.39 is 0 Å². The number of nitrogens with one attached hydrogen (secondary N) is 1. The molecule has 1 aromatic rings. The Morgan fingerprint density at radius 1 is 1.32 bits per heavy atom. The first-order valence-corrected chi connectivity index (χ1v) is 10.4. The summed E-state index contributed by atoms with van der Waals surface area (Å²) < 4.78 is 5.38. The molecule has 2 saturated carbocycles. The molecule has 3 aliphatic rings. The topological polar surface area (TPSA) is 80.5 Å². The van der Waals surface area contributed by atoms with Crippen LogP contribution in [0.5, 0.6) is 0 Å². The van der Waals surface area contributed by atoms with Crippen LogP contribution in [-0.4, -0.2) is 48.1 Å². The molecule has 1 aromatic heterocycles. The number of fused-ring (bicyclic) bond motifs is 2. The summed E-state index contributed by atoms with van der Waals surface area (Å²) in [5, 5.41) is 5.84. The summed E-state index contributed by atoms with van der Waals surface area (Å²) in [6, 6.07) is 0.304. The van der Waals surface area contributed by atoms with Crippen LogP contribution in [-0.2, 0) is 16.1 Å². The Labute approximate surface area is 153 Å². The Morgan fingerprint density at radius 2 is 2.04 bits per heavy atom. The van der Waals surface area contributed by atoms with Gasteiger partial charge in [-0.1, -0.05) is 6.42 Å². The number of nitrogens with two attached hydrogens (primary N) is 1. The van der Waals surface area contributed by atoms with Crippen LogP contribution in [0.15, 0.2) is 5.38 Å². The van der Waals surface area contributed by atoms with Crippen molar-refractivity contribution in [1.29, 1.82) is 0 Å². The molecule has 138 valence electrons. The zero-order chi connectivity index (χ0) is 17.2. The van der Waals surface area contributed by atoms with Crippen LogP contribution in [0.3, 0.4) is 0 Å². The quantitative estimate of drug-likeness (QED) is 0.855. The largest absolute Gasteiger partial charge is 0.379 e. The maximum atomic E-state index is 12.7. The molecule has 2 aliphatic carbocycles. The lowest BCUT2D eigenvalue weighted by Gasteiger charge is -2.43. The Hall–Kier alpha value is -1.02. The van der Waals surface area contributed by atoms with Crippen molar-refractivity contribution in [1.82, 2.24) is 9.88 Å². The second kappa shape index (κ2) is 7.70. The number of carbonyl (C=O) groups excluding carboxylic acids is 1. The van der Waals surface area contributed by atoms with Crippen LogP contribution >= 0.6 is 11.3 Å². The SMILES string of the molecule is NC1C2CCCC1CC(C(=O)Nc1nc(CN3CCOCC3)cs1)C2. The fourth-order valence-corrected chi connectivity index (χ4v) is 5.34. The summed E-state index contributed by atoms with van der Waals surface area (Å²) in [7, 11) is 0. The van der Waals surface area contributed by atoms with Crippen molar-refractivity contribution in [3.05, 3.63) is 11.1 Å². The van der Waals surface area contributed by atoms with E-state index in [0.717, 1.165) is 56.5 Å². The van der Waals surface area contributed by atoms with Crippen molar-refractivity contribution in [2.24, 2.45) is 23.5 Å². The fraction of sp³-hybridized carbons (Fsp3) is 0.778. The highest BCUT2D eigenvalue weighted by Gasteiger charge is 2.40. The molecular weight excluding hydrogens is 336 g/mol. The van der Waals surface area contributed by atoms with E-state index in [0.29, 0.717) is 17.9 Å². The van der Waals surface area contributed by atoms with Gasteiger partial charge in [-0.3, -0.25) is 9.69 Å². The maximum Gasteiger partial charge on any atom is 0.229 e. The molecule has 6 nitrogen and oxygen atoms in total. The van der Waals surface area contributed by atoms with Gasteiger partial charge in [-0.05, 0) is 37.5 Å². The van der Waals surface area contributed by atoms with Crippen molar-refractivity contribution in [3.8, 4) is 0 Å². The van der Waals surface area contributed by atoms with E-state index in [1.54, 1.807) is 0 Å². The molecule has 2 bridgehead atoms. The summed E-state index contributed by atoms with van der Waals surface area (Å²) in [6.07, 6.45) is 5.52. The summed E-state index contributed by atoms with van der Waals surface area (Å²) in [4.78, 5) is 19.6. The van der Waals surface area contributed by atoms with Gasteiger partial charge in [-0.25, -0.2) is 4.98 Å². The Bertz CT molecular complexity index is 588. The number of nitrogens with zero attached hydrogens (tertiary/aromatic N) is 2. The Balaban J connectivity index is 1.32. The van der Waals surface area contributed by atoms with Crippen LogP contribution in [0, 0.1) is 17.8 Å². The van der Waals surface area contributed by atoms with Gasteiger partial charge in [0.2, 0.25) is 5.91 Å². The van der Waals surface area contributed by atoms with Crippen molar-refractivity contribution in [3.63, 3.8) is 0 Å². The molecule has 1 amide bonds. The highest BCUT2D eigenvalue weighted by Crippen LogP contribution is 2.42. The molecule has 0 spiro atoms. The number of rotatable bonds is 4. The minimum absolute atomic E-state index is 0.0988. The van der Waals surface area contributed by atoms with E-state index in [9.17, 15) is 4.79 Å². The molecule has 3 N–H and O–H groups in total. The fourth-order valence-electron chi connectivity index (χ4n) is 4.64. The molecule has 1 saturated heterocycles. The normalized spacial score (nSPS) is 33.2. The van der Waals surface area contributed by atoms with Gasteiger partial charge in [-0.15, -0.1) is 11.3 Å². The number of aromatic nitrogens is 1. The van der Waals surface area contributed by atoms with Gasteiger partial charge in [0.1, 0.15) is 0 Å². The van der Waals surface area contributed by atoms with Crippen molar-refractivity contribution in [2.75, 3.05) is 31.6 Å². The third-order valence-corrected chi connectivity index (χ3v) is 6.86. The van der Waals surface area contributed by atoms with Crippen LogP contribution in [0.1, 0.15) is 37.8 Å². The Kier molecular flexibility index (Phi) is 5.36. The van der Waals surface area contributed by atoms with E-state index in [1.165, 1.54) is 30.6 Å². The van der Waals surface area contributed by atoms with Gasteiger partial charge in [0.05, 0.1) is 18.9 Å². The number of thiazole rings is 1. The van der Waals surface area contributed by atoms with E-state index in [2.05, 4.69) is 20.6 Å². The first kappa shape index (κ1) is 17.4. The van der Waals surface area contributed by atoms with Crippen molar-refractivity contribution < 1.29 is 9.53 Å². The van der Waals surface area contributed by atoms with E-state index in [-0.39, 0.29) is 11.8 Å². The van der Waals surface area contributed by atoms with Gasteiger partial charge >= 0.3 is 0 Å². The maximum absolute atomic E-state index is 12.7. The van der Waals surface area contributed by atoms with Gasteiger partial charge in [0, 0.05) is 37.0 Å². The van der Waals surface area contributed by atoms with Gasteiger partial charge in [-0.2, -0.15) is 0 Å². The predicted molar refractivity (Wildman–Crippen MR) is 98.4 cm³/mol. The molecule has 2 heterocycles. The molecule has 0 radical (unpaired) electrons. The van der Waals surface area contributed by atoms with E-state index in [4.69, 9.17) is 10.5 Å². The first-order chi connectivity index (χ1) is 12.2. The lowest BCUT2D eigenvalue weighted by Crippen LogP contribution is -2.48. The number of hydrogen-bond donors (Lipinski definition) is 2. The molecule has 3 fully saturated rings. The number of anilines is 1. The highest BCUT2D eigenvalue weighted by atomic mass is 32.1. The van der Waals surface area contributed by atoms with Crippen LogP contribution in [0.4, 0.5) is 5.13 Å². The zero-order valence-electron chi connectivity index (χ0n) is 14.7.